The second-order valence-corrected chi connectivity index (χ2v) is 7.45. The molecule has 7 heteroatoms. The lowest BCUT2D eigenvalue weighted by atomic mass is 10.2. The van der Waals surface area contributed by atoms with Crippen molar-refractivity contribution in [1.82, 2.24) is 15.1 Å². The van der Waals surface area contributed by atoms with E-state index in [2.05, 4.69) is 33.0 Å². The van der Waals surface area contributed by atoms with Crippen LogP contribution < -0.4 is 4.90 Å². The number of hydrogen-bond donors (Lipinski definition) is 0. The summed E-state index contributed by atoms with van der Waals surface area (Å²) in [7, 11) is 0. The molecule has 5 nitrogen and oxygen atoms in total. The smallest absolute Gasteiger partial charge is 0.247 e. The van der Waals surface area contributed by atoms with E-state index in [9.17, 15) is 0 Å². The summed E-state index contributed by atoms with van der Waals surface area (Å²) in [6.45, 7) is 5.72. The summed E-state index contributed by atoms with van der Waals surface area (Å²) in [4.78, 5) is 4.67. The Labute approximate surface area is 168 Å². The quantitative estimate of drug-likeness (QED) is 0.618. The Morgan fingerprint density at radius 3 is 2.48 bits per heavy atom. The van der Waals surface area contributed by atoms with Gasteiger partial charge in [-0.15, -0.1) is 10.2 Å². The minimum Gasteiger partial charge on any atom is -0.419 e. The number of aromatic nitrogens is 2. The van der Waals surface area contributed by atoms with Crippen molar-refractivity contribution in [3.8, 4) is 11.5 Å². The highest BCUT2D eigenvalue weighted by atomic mass is 35.5. The SMILES string of the molecule is CC(c1nnc(-c2cccc(Cl)c2)o1)N1CCN(c2ccccc2Cl)CC1. The van der Waals surface area contributed by atoms with Crippen LogP contribution in [0.4, 0.5) is 5.69 Å². The molecule has 0 bridgehead atoms. The van der Waals surface area contributed by atoms with Crippen LogP contribution in [0.25, 0.3) is 11.5 Å². The van der Waals surface area contributed by atoms with Crippen LogP contribution in [0.2, 0.25) is 10.0 Å². The molecular formula is C20H20Cl2N4O. The maximum atomic E-state index is 6.33. The third-order valence-electron chi connectivity index (χ3n) is 4.92. The van der Waals surface area contributed by atoms with E-state index in [1.807, 2.05) is 42.5 Å². The Balaban J connectivity index is 1.43. The Morgan fingerprint density at radius 2 is 1.74 bits per heavy atom. The molecule has 0 amide bonds. The minimum absolute atomic E-state index is 0.0545. The second kappa shape index (κ2) is 7.89. The molecule has 140 valence electrons. The summed E-state index contributed by atoms with van der Waals surface area (Å²) < 4.78 is 5.91. The number of nitrogens with zero attached hydrogens (tertiary/aromatic N) is 4. The monoisotopic (exact) mass is 402 g/mol. The number of benzene rings is 2. The number of halogens is 2. The number of anilines is 1. The van der Waals surface area contributed by atoms with E-state index in [1.54, 1.807) is 0 Å². The lowest BCUT2D eigenvalue weighted by Gasteiger charge is -2.38. The Hall–Kier alpha value is -2.08. The van der Waals surface area contributed by atoms with Gasteiger partial charge in [-0.3, -0.25) is 4.90 Å². The molecule has 2 aromatic carbocycles. The molecule has 0 radical (unpaired) electrons. The zero-order valence-corrected chi connectivity index (χ0v) is 16.5. The number of rotatable bonds is 4. The number of para-hydroxylation sites is 1. The van der Waals surface area contributed by atoms with Gasteiger partial charge in [-0.1, -0.05) is 41.4 Å². The molecule has 1 aromatic heterocycles. The highest BCUT2D eigenvalue weighted by Crippen LogP contribution is 2.29. The minimum atomic E-state index is 0.0545. The van der Waals surface area contributed by atoms with Crippen molar-refractivity contribution in [3.63, 3.8) is 0 Å². The van der Waals surface area contributed by atoms with Crippen molar-refractivity contribution in [2.75, 3.05) is 31.1 Å². The summed E-state index contributed by atoms with van der Waals surface area (Å²) in [5, 5.41) is 9.88. The van der Waals surface area contributed by atoms with Gasteiger partial charge in [0.05, 0.1) is 16.8 Å². The number of hydrogen-bond acceptors (Lipinski definition) is 5. The van der Waals surface area contributed by atoms with E-state index in [0.717, 1.165) is 42.5 Å². The zero-order chi connectivity index (χ0) is 18.8. The maximum absolute atomic E-state index is 6.33. The predicted octanol–water partition coefficient (Wildman–Crippen LogP) is 4.93. The van der Waals surface area contributed by atoms with Crippen molar-refractivity contribution >= 4 is 28.9 Å². The third-order valence-corrected chi connectivity index (χ3v) is 5.48. The Bertz CT molecular complexity index is 922. The standard InChI is InChI=1S/C20H20Cl2N4O/c1-14(19-23-24-20(27-19)15-5-4-6-16(21)13-15)25-9-11-26(12-10-25)18-8-3-2-7-17(18)22/h2-8,13-14H,9-12H2,1H3. The molecule has 0 saturated carbocycles. The molecule has 0 N–H and O–H groups in total. The van der Waals surface area contributed by atoms with E-state index < -0.39 is 0 Å². The van der Waals surface area contributed by atoms with Crippen molar-refractivity contribution in [3.05, 3.63) is 64.5 Å². The van der Waals surface area contributed by atoms with Crippen LogP contribution in [-0.4, -0.2) is 41.3 Å². The molecule has 1 unspecified atom stereocenters. The normalized spacial score (nSPS) is 16.5. The Morgan fingerprint density at radius 1 is 0.963 bits per heavy atom. The van der Waals surface area contributed by atoms with Crippen molar-refractivity contribution in [1.29, 1.82) is 0 Å². The van der Waals surface area contributed by atoms with Crippen molar-refractivity contribution < 1.29 is 4.42 Å². The summed E-state index contributed by atoms with van der Waals surface area (Å²) in [5.74, 6) is 1.12. The van der Waals surface area contributed by atoms with E-state index in [0.29, 0.717) is 16.8 Å². The highest BCUT2D eigenvalue weighted by Gasteiger charge is 2.26. The van der Waals surface area contributed by atoms with Crippen LogP contribution in [-0.2, 0) is 0 Å². The molecule has 3 aromatic rings. The van der Waals surface area contributed by atoms with Crippen LogP contribution in [0.5, 0.6) is 0 Å². The van der Waals surface area contributed by atoms with E-state index in [1.165, 1.54) is 0 Å². The first-order chi connectivity index (χ1) is 13.1. The molecule has 27 heavy (non-hydrogen) atoms. The highest BCUT2D eigenvalue weighted by molar-refractivity contribution is 6.33. The molecule has 4 rings (SSSR count). The lowest BCUT2D eigenvalue weighted by molar-refractivity contribution is 0.174. The van der Waals surface area contributed by atoms with Crippen LogP contribution in [0.15, 0.2) is 52.9 Å². The van der Waals surface area contributed by atoms with Gasteiger partial charge >= 0.3 is 0 Å². The second-order valence-electron chi connectivity index (χ2n) is 6.61. The molecule has 0 aliphatic carbocycles. The first-order valence-corrected chi connectivity index (χ1v) is 9.70. The van der Waals surface area contributed by atoms with Gasteiger partial charge in [0, 0.05) is 36.8 Å². The van der Waals surface area contributed by atoms with Crippen molar-refractivity contribution in [2.45, 2.75) is 13.0 Å². The van der Waals surface area contributed by atoms with Crippen molar-refractivity contribution in [2.24, 2.45) is 0 Å². The maximum Gasteiger partial charge on any atom is 0.247 e. The fraction of sp³-hybridized carbons (Fsp3) is 0.300. The van der Waals surface area contributed by atoms with Crippen LogP contribution in [0.1, 0.15) is 18.9 Å². The largest absolute Gasteiger partial charge is 0.419 e. The van der Waals surface area contributed by atoms with Gasteiger partial charge in [-0.2, -0.15) is 0 Å². The average Bonchev–Trinajstić information content (AvgIpc) is 3.18. The predicted molar refractivity (Wildman–Crippen MR) is 108 cm³/mol. The molecule has 1 aliphatic heterocycles. The van der Waals surface area contributed by atoms with E-state index in [-0.39, 0.29) is 6.04 Å². The summed E-state index contributed by atoms with van der Waals surface area (Å²) in [6, 6.07) is 15.5. The summed E-state index contributed by atoms with van der Waals surface area (Å²) >= 11 is 12.4. The van der Waals surface area contributed by atoms with Crippen LogP contribution >= 0.6 is 23.2 Å². The lowest BCUT2D eigenvalue weighted by Crippen LogP contribution is -2.47. The average molecular weight is 403 g/mol. The van der Waals surface area contributed by atoms with Gasteiger partial charge in [0.1, 0.15) is 0 Å². The topological polar surface area (TPSA) is 45.4 Å². The summed E-state index contributed by atoms with van der Waals surface area (Å²) in [5.41, 5.74) is 1.92. The van der Waals surface area contributed by atoms with Gasteiger partial charge in [-0.25, -0.2) is 0 Å². The molecular weight excluding hydrogens is 383 g/mol. The van der Waals surface area contributed by atoms with Gasteiger partial charge < -0.3 is 9.32 Å². The van der Waals surface area contributed by atoms with Gasteiger partial charge in [0.15, 0.2) is 0 Å². The third kappa shape index (κ3) is 3.95. The molecule has 1 fully saturated rings. The van der Waals surface area contributed by atoms with Gasteiger partial charge in [0.25, 0.3) is 0 Å². The molecule has 1 saturated heterocycles. The number of piperazine rings is 1. The molecule has 1 atom stereocenters. The molecule has 1 aliphatic rings. The van der Waals surface area contributed by atoms with Gasteiger partial charge in [-0.05, 0) is 37.3 Å². The van der Waals surface area contributed by atoms with Crippen LogP contribution in [0.3, 0.4) is 0 Å². The molecule has 0 spiro atoms. The molecule has 2 heterocycles. The first kappa shape index (κ1) is 18.3. The first-order valence-electron chi connectivity index (χ1n) is 8.94. The van der Waals surface area contributed by atoms with E-state index in [4.69, 9.17) is 27.6 Å². The van der Waals surface area contributed by atoms with Crippen LogP contribution in [0, 0.1) is 0 Å². The summed E-state index contributed by atoms with van der Waals surface area (Å²) in [6.07, 6.45) is 0. The fourth-order valence-electron chi connectivity index (χ4n) is 3.36. The zero-order valence-electron chi connectivity index (χ0n) is 15.0. The Kier molecular flexibility index (Phi) is 5.34. The fourth-order valence-corrected chi connectivity index (χ4v) is 3.80. The van der Waals surface area contributed by atoms with Gasteiger partial charge in [0.2, 0.25) is 11.8 Å². The van der Waals surface area contributed by atoms with E-state index >= 15 is 0 Å².